The fourth-order valence-corrected chi connectivity index (χ4v) is 2.93. The Morgan fingerprint density at radius 3 is 2.72 bits per heavy atom. The highest BCUT2D eigenvalue weighted by atomic mass is 32.2. The molecular weight excluding hydrogens is 348 g/mol. The lowest BCUT2D eigenvalue weighted by molar-refractivity contribution is -0.119. The van der Waals surface area contributed by atoms with E-state index < -0.39 is 0 Å². The lowest BCUT2D eigenvalue weighted by Crippen LogP contribution is -2.23. The van der Waals surface area contributed by atoms with Gasteiger partial charge in [0.2, 0.25) is 5.91 Å². The zero-order valence-electron chi connectivity index (χ0n) is 15.1. The van der Waals surface area contributed by atoms with Crippen LogP contribution >= 0.6 is 24.0 Å². The van der Waals surface area contributed by atoms with Crippen LogP contribution in [0.15, 0.2) is 65.2 Å². The van der Waals surface area contributed by atoms with Gasteiger partial charge in [-0.2, -0.15) is 0 Å². The molecule has 0 aliphatic rings. The van der Waals surface area contributed by atoms with Crippen molar-refractivity contribution in [1.82, 2.24) is 5.32 Å². The highest BCUT2D eigenvalue weighted by molar-refractivity contribution is 7.98. The van der Waals surface area contributed by atoms with Gasteiger partial charge >= 0.3 is 0 Å². The molecule has 3 nitrogen and oxygen atoms in total. The van der Waals surface area contributed by atoms with Crippen LogP contribution in [0.4, 0.5) is 5.69 Å². The third-order valence-corrected chi connectivity index (χ3v) is 4.52. The zero-order chi connectivity index (χ0) is 18.5. The van der Waals surface area contributed by atoms with E-state index in [2.05, 4.69) is 23.7 Å². The molecule has 0 aromatic heterocycles. The van der Waals surface area contributed by atoms with E-state index in [1.807, 2.05) is 55.2 Å². The minimum Gasteiger partial charge on any atom is -0.333 e. The van der Waals surface area contributed by atoms with Crippen molar-refractivity contribution in [3.05, 3.63) is 60.3 Å². The fourth-order valence-electron chi connectivity index (χ4n) is 2.13. The first-order valence-electron chi connectivity index (χ1n) is 8.27. The van der Waals surface area contributed by atoms with Crippen molar-refractivity contribution in [1.29, 1.82) is 0 Å². The van der Waals surface area contributed by atoms with E-state index >= 15 is 0 Å². The third kappa shape index (κ3) is 7.71. The van der Waals surface area contributed by atoms with Crippen LogP contribution in [0.2, 0.25) is 0 Å². The van der Waals surface area contributed by atoms with E-state index in [1.54, 1.807) is 23.5 Å². The monoisotopic (exact) mass is 374 g/mol. The first-order valence-corrected chi connectivity index (χ1v) is 9.96. The van der Waals surface area contributed by atoms with Crippen molar-refractivity contribution < 1.29 is 4.79 Å². The molecule has 1 N–H and O–H groups in total. The Kier molecular flexibility index (Phi) is 10.6. The molecule has 1 aromatic carbocycles. The van der Waals surface area contributed by atoms with Crippen LogP contribution in [-0.2, 0) is 4.79 Å². The molecule has 0 radical (unpaired) electrons. The van der Waals surface area contributed by atoms with Crippen molar-refractivity contribution in [2.24, 2.45) is 0 Å². The Balaban J connectivity index is 2.70. The number of allylic oxidation sites excluding steroid dienone is 2. The molecule has 0 saturated carbocycles. The molecule has 1 aromatic rings. The minimum atomic E-state index is -0.0178. The number of carbonyl (C=O) groups excluding carboxylic acids is 1. The van der Waals surface area contributed by atoms with Crippen molar-refractivity contribution >= 4 is 41.1 Å². The second-order valence-corrected chi connectivity index (χ2v) is 6.31. The Hall–Kier alpha value is -1.85. The maximum absolute atomic E-state index is 11.7. The van der Waals surface area contributed by atoms with Gasteiger partial charge in [0.05, 0.1) is 11.2 Å². The second kappa shape index (κ2) is 12.5. The van der Waals surface area contributed by atoms with Crippen LogP contribution in [0, 0.1) is 0 Å². The van der Waals surface area contributed by atoms with E-state index in [4.69, 9.17) is 12.2 Å². The first-order chi connectivity index (χ1) is 12.2. The number of amides is 1. The lowest BCUT2D eigenvalue weighted by atomic mass is 10.2. The van der Waals surface area contributed by atoms with Gasteiger partial charge < -0.3 is 10.2 Å². The summed E-state index contributed by atoms with van der Waals surface area (Å²) in [7, 11) is 0. The molecule has 1 rings (SSSR count). The molecular formula is C20H26N2OS2. The molecule has 0 fully saturated rings. The summed E-state index contributed by atoms with van der Waals surface area (Å²) in [6, 6.07) is 8.20. The highest BCUT2D eigenvalue weighted by Gasteiger charge is 2.09. The van der Waals surface area contributed by atoms with Gasteiger partial charge in [0, 0.05) is 17.9 Å². The molecule has 0 spiro atoms. The number of rotatable bonds is 10. The number of benzene rings is 1. The summed E-state index contributed by atoms with van der Waals surface area (Å²) in [5, 5.41) is 2.74. The van der Waals surface area contributed by atoms with Crippen molar-refractivity contribution in [2.45, 2.75) is 31.6 Å². The summed E-state index contributed by atoms with van der Waals surface area (Å²) < 4.78 is 0. The van der Waals surface area contributed by atoms with E-state index in [0.717, 1.165) is 17.7 Å². The Morgan fingerprint density at radius 1 is 1.32 bits per heavy atom. The van der Waals surface area contributed by atoms with Crippen LogP contribution in [0.25, 0.3) is 0 Å². The van der Waals surface area contributed by atoms with Crippen LogP contribution in [0.5, 0.6) is 0 Å². The van der Waals surface area contributed by atoms with Crippen molar-refractivity contribution in [3.8, 4) is 0 Å². The van der Waals surface area contributed by atoms with Gasteiger partial charge in [-0.25, -0.2) is 0 Å². The number of hydrogen-bond acceptors (Lipinski definition) is 3. The molecule has 0 saturated heterocycles. The Bertz CT molecular complexity index is 651. The molecule has 0 atom stereocenters. The fraction of sp³-hybridized carbons (Fsp3) is 0.300. The normalized spacial score (nSPS) is 11.9. The molecule has 1 amide bonds. The first kappa shape index (κ1) is 21.2. The van der Waals surface area contributed by atoms with Crippen molar-refractivity contribution in [2.75, 3.05) is 17.7 Å². The molecule has 0 bridgehead atoms. The Labute approximate surface area is 160 Å². The van der Waals surface area contributed by atoms with Gasteiger partial charge in [0.1, 0.15) is 0 Å². The lowest BCUT2D eigenvalue weighted by Gasteiger charge is -2.22. The summed E-state index contributed by atoms with van der Waals surface area (Å²) in [5.74, 6) is -0.0178. The van der Waals surface area contributed by atoms with Gasteiger partial charge in [0.25, 0.3) is 0 Å². The van der Waals surface area contributed by atoms with E-state index in [1.165, 1.54) is 4.90 Å². The number of nitrogens with zero attached hydrogens (tertiary/aromatic N) is 1. The molecule has 0 heterocycles. The SMILES string of the molecule is C/C=C(\C=C/CC(=O)N/C=C/CC)CN(C=S)c1ccccc1SC. The number of hydrogen-bond donors (Lipinski definition) is 1. The van der Waals surface area contributed by atoms with Crippen molar-refractivity contribution in [3.63, 3.8) is 0 Å². The number of thiocarbonyl (C=S) groups is 1. The van der Waals surface area contributed by atoms with Gasteiger partial charge in [-0.3, -0.25) is 4.79 Å². The summed E-state index contributed by atoms with van der Waals surface area (Å²) in [5.41, 5.74) is 3.88. The maximum atomic E-state index is 11.7. The number of carbonyl (C=O) groups is 1. The number of nitrogens with one attached hydrogen (secondary N) is 1. The average molecular weight is 375 g/mol. The summed E-state index contributed by atoms with van der Waals surface area (Å²) in [6.07, 6.45) is 12.8. The van der Waals surface area contributed by atoms with Gasteiger partial charge in [-0.05, 0) is 43.5 Å². The predicted octanol–water partition coefficient (Wildman–Crippen LogP) is 5.10. The minimum absolute atomic E-state index is 0.0178. The Morgan fingerprint density at radius 2 is 2.08 bits per heavy atom. The third-order valence-electron chi connectivity index (χ3n) is 3.48. The number of para-hydroxylation sites is 1. The molecule has 0 aliphatic heterocycles. The molecule has 25 heavy (non-hydrogen) atoms. The second-order valence-electron chi connectivity index (χ2n) is 5.25. The maximum Gasteiger partial charge on any atom is 0.227 e. The predicted molar refractivity (Wildman–Crippen MR) is 114 cm³/mol. The van der Waals surface area contributed by atoms with Gasteiger partial charge in [-0.1, -0.05) is 55.6 Å². The highest BCUT2D eigenvalue weighted by Crippen LogP contribution is 2.28. The van der Waals surface area contributed by atoms with E-state index in [0.29, 0.717) is 13.0 Å². The number of anilines is 1. The molecule has 0 unspecified atom stereocenters. The summed E-state index contributed by atoms with van der Waals surface area (Å²) in [6.45, 7) is 4.69. The summed E-state index contributed by atoms with van der Waals surface area (Å²) >= 11 is 6.91. The van der Waals surface area contributed by atoms with Gasteiger partial charge in [0.15, 0.2) is 0 Å². The standard InChI is InChI=1S/C20H26N2OS2/c1-4-6-14-21-20(23)13-9-10-17(5-2)15-22(16-24)18-11-7-8-12-19(18)25-3/h5-12,14,16H,4,13,15H2,1-3H3,(H,21,23)/b10-9-,14-6+,17-5+. The average Bonchev–Trinajstić information content (AvgIpc) is 2.64. The topological polar surface area (TPSA) is 32.3 Å². The van der Waals surface area contributed by atoms with Crippen LogP contribution < -0.4 is 10.2 Å². The molecule has 134 valence electrons. The molecule has 0 aliphatic carbocycles. The van der Waals surface area contributed by atoms with Crippen LogP contribution in [0.3, 0.4) is 0 Å². The zero-order valence-corrected chi connectivity index (χ0v) is 16.7. The number of thioether (sulfide) groups is 1. The van der Waals surface area contributed by atoms with Crippen LogP contribution in [-0.4, -0.2) is 24.2 Å². The van der Waals surface area contributed by atoms with E-state index in [-0.39, 0.29) is 5.91 Å². The quantitative estimate of drug-likeness (QED) is 0.351. The van der Waals surface area contributed by atoms with Gasteiger partial charge in [-0.15, -0.1) is 11.8 Å². The summed E-state index contributed by atoms with van der Waals surface area (Å²) in [4.78, 5) is 14.9. The van der Waals surface area contributed by atoms with Crippen LogP contribution in [0.1, 0.15) is 26.7 Å². The molecule has 5 heteroatoms. The largest absolute Gasteiger partial charge is 0.333 e. The van der Waals surface area contributed by atoms with E-state index in [9.17, 15) is 4.79 Å². The smallest absolute Gasteiger partial charge is 0.227 e.